The van der Waals surface area contributed by atoms with E-state index in [1.165, 1.54) is 11.1 Å². The molecule has 2 rings (SSSR count). The molecular formula is C18H21Cl2NO. The summed E-state index contributed by atoms with van der Waals surface area (Å²) >= 11 is 12.3. The third kappa shape index (κ3) is 3.75. The van der Waals surface area contributed by atoms with E-state index in [1.54, 1.807) is 13.2 Å². The second-order valence-electron chi connectivity index (χ2n) is 5.55. The van der Waals surface area contributed by atoms with Crippen molar-refractivity contribution in [2.45, 2.75) is 26.2 Å². The standard InChI is InChI=1S/C18H21Cl2NO/c1-11-6-16(18(22-3)7-12(11)2)14(10-21)8-13-4-5-15(19)9-17(13)20/h4-7,9,14H,8,10,21H2,1-3H3. The van der Waals surface area contributed by atoms with Gasteiger partial charge in [0.05, 0.1) is 7.11 Å². The summed E-state index contributed by atoms with van der Waals surface area (Å²) in [7, 11) is 1.69. The van der Waals surface area contributed by atoms with Crippen LogP contribution in [0.25, 0.3) is 0 Å². The molecule has 0 radical (unpaired) electrons. The molecule has 4 heteroatoms. The van der Waals surface area contributed by atoms with Gasteiger partial charge < -0.3 is 10.5 Å². The molecule has 1 unspecified atom stereocenters. The average Bonchev–Trinajstić information content (AvgIpc) is 2.49. The van der Waals surface area contributed by atoms with Crippen LogP contribution in [0.5, 0.6) is 5.75 Å². The normalized spacial score (nSPS) is 12.3. The van der Waals surface area contributed by atoms with Crippen molar-refractivity contribution in [2.75, 3.05) is 13.7 Å². The Kier molecular flexibility index (Phi) is 5.74. The Labute approximate surface area is 142 Å². The summed E-state index contributed by atoms with van der Waals surface area (Å²) in [5, 5.41) is 1.32. The van der Waals surface area contributed by atoms with Crippen molar-refractivity contribution in [1.82, 2.24) is 0 Å². The highest BCUT2D eigenvalue weighted by molar-refractivity contribution is 6.35. The first kappa shape index (κ1) is 17.1. The van der Waals surface area contributed by atoms with Crippen molar-refractivity contribution < 1.29 is 4.74 Å². The van der Waals surface area contributed by atoms with E-state index in [9.17, 15) is 0 Å². The van der Waals surface area contributed by atoms with Gasteiger partial charge in [-0.2, -0.15) is 0 Å². The van der Waals surface area contributed by atoms with Crippen molar-refractivity contribution in [1.29, 1.82) is 0 Å². The molecule has 0 aliphatic heterocycles. The van der Waals surface area contributed by atoms with E-state index in [1.807, 2.05) is 12.1 Å². The van der Waals surface area contributed by atoms with E-state index >= 15 is 0 Å². The van der Waals surface area contributed by atoms with Gasteiger partial charge in [-0.1, -0.05) is 35.3 Å². The number of aryl methyl sites for hydroxylation is 2. The minimum atomic E-state index is 0.146. The summed E-state index contributed by atoms with van der Waals surface area (Å²) in [5.74, 6) is 1.02. The van der Waals surface area contributed by atoms with Gasteiger partial charge in [0.15, 0.2) is 0 Å². The Bertz CT molecular complexity index is 670. The van der Waals surface area contributed by atoms with Gasteiger partial charge in [0.1, 0.15) is 5.75 Å². The highest BCUT2D eigenvalue weighted by Gasteiger charge is 2.18. The molecule has 0 amide bonds. The topological polar surface area (TPSA) is 35.2 Å². The van der Waals surface area contributed by atoms with Gasteiger partial charge in [0, 0.05) is 16.0 Å². The lowest BCUT2D eigenvalue weighted by Crippen LogP contribution is -2.16. The van der Waals surface area contributed by atoms with Crippen LogP contribution in [0.3, 0.4) is 0 Å². The van der Waals surface area contributed by atoms with Gasteiger partial charge in [-0.15, -0.1) is 0 Å². The molecule has 22 heavy (non-hydrogen) atoms. The van der Waals surface area contributed by atoms with Crippen LogP contribution >= 0.6 is 23.2 Å². The summed E-state index contributed by atoms with van der Waals surface area (Å²) in [6, 6.07) is 9.81. The van der Waals surface area contributed by atoms with Gasteiger partial charge in [-0.3, -0.25) is 0 Å². The van der Waals surface area contributed by atoms with Crippen molar-refractivity contribution in [2.24, 2.45) is 5.73 Å². The molecule has 2 aromatic carbocycles. The van der Waals surface area contributed by atoms with Gasteiger partial charge >= 0.3 is 0 Å². The number of hydrogen-bond acceptors (Lipinski definition) is 2. The first-order valence-corrected chi connectivity index (χ1v) is 8.01. The van der Waals surface area contributed by atoms with Gasteiger partial charge in [-0.25, -0.2) is 0 Å². The Morgan fingerprint density at radius 3 is 2.36 bits per heavy atom. The molecule has 0 fully saturated rings. The molecule has 2 nitrogen and oxygen atoms in total. The predicted octanol–water partition coefficient (Wildman–Crippen LogP) is 4.90. The van der Waals surface area contributed by atoms with E-state index in [4.69, 9.17) is 33.7 Å². The van der Waals surface area contributed by atoms with E-state index in [2.05, 4.69) is 26.0 Å². The molecule has 1 atom stereocenters. The zero-order valence-electron chi connectivity index (χ0n) is 13.1. The van der Waals surface area contributed by atoms with Gasteiger partial charge in [0.2, 0.25) is 0 Å². The highest BCUT2D eigenvalue weighted by atomic mass is 35.5. The molecule has 0 saturated heterocycles. The molecule has 2 aromatic rings. The minimum Gasteiger partial charge on any atom is -0.496 e. The van der Waals surface area contributed by atoms with E-state index in [-0.39, 0.29) is 5.92 Å². The fraction of sp³-hybridized carbons (Fsp3) is 0.333. The second-order valence-corrected chi connectivity index (χ2v) is 6.39. The van der Waals surface area contributed by atoms with Crippen LogP contribution in [-0.4, -0.2) is 13.7 Å². The van der Waals surface area contributed by atoms with E-state index in [0.29, 0.717) is 16.6 Å². The smallest absolute Gasteiger partial charge is 0.122 e. The molecular weight excluding hydrogens is 317 g/mol. The number of nitrogens with two attached hydrogens (primary N) is 1. The maximum absolute atomic E-state index is 6.29. The lowest BCUT2D eigenvalue weighted by atomic mass is 9.89. The second kappa shape index (κ2) is 7.36. The SMILES string of the molecule is COc1cc(C)c(C)cc1C(CN)Cc1ccc(Cl)cc1Cl. The quantitative estimate of drug-likeness (QED) is 0.841. The summed E-state index contributed by atoms with van der Waals surface area (Å²) in [6.45, 7) is 4.70. The van der Waals surface area contributed by atoms with Crippen molar-refractivity contribution in [3.63, 3.8) is 0 Å². The summed E-state index contributed by atoms with van der Waals surface area (Å²) in [5.41, 5.74) is 10.6. The number of methoxy groups -OCH3 is 1. The highest BCUT2D eigenvalue weighted by Crippen LogP contribution is 2.33. The van der Waals surface area contributed by atoms with Crippen LogP contribution in [-0.2, 0) is 6.42 Å². The Balaban J connectivity index is 2.38. The Hall–Kier alpha value is -1.22. The molecule has 2 N–H and O–H groups in total. The molecule has 0 aliphatic carbocycles. The van der Waals surface area contributed by atoms with Crippen molar-refractivity contribution >= 4 is 23.2 Å². The monoisotopic (exact) mass is 337 g/mol. The molecule has 118 valence electrons. The minimum absolute atomic E-state index is 0.146. The molecule has 0 heterocycles. The fourth-order valence-electron chi connectivity index (χ4n) is 2.58. The van der Waals surface area contributed by atoms with Crippen LogP contribution in [0.4, 0.5) is 0 Å². The first-order valence-electron chi connectivity index (χ1n) is 7.25. The fourth-order valence-corrected chi connectivity index (χ4v) is 3.07. The molecule has 0 aromatic heterocycles. The number of rotatable bonds is 5. The van der Waals surface area contributed by atoms with Gasteiger partial charge in [0.25, 0.3) is 0 Å². The number of hydrogen-bond donors (Lipinski definition) is 1. The van der Waals surface area contributed by atoms with Crippen molar-refractivity contribution in [3.05, 3.63) is 62.6 Å². The number of ether oxygens (including phenoxy) is 1. The predicted molar refractivity (Wildman–Crippen MR) is 94.4 cm³/mol. The lowest BCUT2D eigenvalue weighted by molar-refractivity contribution is 0.404. The maximum Gasteiger partial charge on any atom is 0.122 e. The zero-order valence-corrected chi connectivity index (χ0v) is 14.6. The summed E-state index contributed by atoms with van der Waals surface area (Å²) in [6.07, 6.45) is 0.755. The molecule has 0 bridgehead atoms. The van der Waals surface area contributed by atoms with Crippen LogP contribution < -0.4 is 10.5 Å². The first-order chi connectivity index (χ1) is 10.5. The average molecular weight is 338 g/mol. The zero-order chi connectivity index (χ0) is 16.3. The number of halogens is 2. The molecule has 0 spiro atoms. The lowest BCUT2D eigenvalue weighted by Gasteiger charge is -2.20. The van der Waals surface area contributed by atoms with Crippen LogP contribution in [0, 0.1) is 13.8 Å². The summed E-state index contributed by atoms with van der Waals surface area (Å²) in [4.78, 5) is 0. The van der Waals surface area contributed by atoms with Crippen LogP contribution in [0.2, 0.25) is 10.0 Å². The van der Waals surface area contributed by atoms with Crippen LogP contribution in [0.15, 0.2) is 30.3 Å². The Morgan fingerprint density at radius 2 is 1.77 bits per heavy atom. The maximum atomic E-state index is 6.29. The van der Waals surface area contributed by atoms with Gasteiger partial charge in [-0.05, 0) is 67.3 Å². The third-order valence-electron chi connectivity index (χ3n) is 4.05. The molecule has 0 aliphatic rings. The van der Waals surface area contributed by atoms with E-state index < -0.39 is 0 Å². The largest absolute Gasteiger partial charge is 0.496 e. The molecule has 0 saturated carbocycles. The van der Waals surface area contributed by atoms with Crippen molar-refractivity contribution in [3.8, 4) is 5.75 Å². The van der Waals surface area contributed by atoms with E-state index in [0.717, 1.165) is 23.3 Å². The van der Waals surface area contributed by atoms with Crippen LogP contribution in [0.1, 0.15) is 28.2 Å². The Morgan fingerprint density at radius 1 is 1.09 bits per heavy atom. The summed E-state index contributed by atoms with van der Waals surface area (Å²) < 4.78 is 5.54. The number of benzene rings is 2. The third-order valence-corrected chi connectivity index (χ3v) is 4.64.